The molecule has 6 heteroatoms. The van der Waals surface area contributed by atoms with Gasteiger partial charge in [-0.2, -0.15) is 0 Å². The second-order valence-corrected chi connectivity index (χ2v) is 6.54. The molecule has 0 aromatic carbocycles. The van der Waals surface area contributed by atoms with Crippen molar-refractivity contribution < 1.29 is 19.5 Å². The van der Waals surface area contributed by atoms with Gasteiger partial charge in [-0.3, -0.25) is 14.4 Å². The molecule has 0 bridgehead atoms. The number of carbonyl (C=O) groups is 3. The molecule has 0 aromatic heterocycles. The highest BCUT2D eigenvalue weighted by molar-refractivity contribution is 5.88. The summed E-state index contributed by atoms with van der Waals surface area (Å²) in [5, 5.41) is 11.7. The zero-order valence-electron chi connectivity index (χ0n) is 16.2. The second kappa shape index (κ2) is 14.7. The van der Waals surface area contributed by atoms with Gasteiger partial charge >= 0.3 is 5.97 Å². The van der Waals surface area contributed by atoms with Crippen molar-refractivity contribution in [1.82, 2.24) is 10.2 Å². The number of hydrogen-bond donors (Lipinski definition) is 2. The number of carbonyl (C=O) groups excluding carboxylic acids is 2. The molecule has 1 unspecified atom stereocenters. The topological polar surface area (TPSA) is 86.7 Å². The van der Waals surface area contributed by atoms with Gasteiger partial charge in [-0.05, 0) is 25.7 Å². The van der Waals surface area contributed by atoms with Crippen LogP contribution in [-0.2, 0) is 14.4 Å². The molecule has 0 radical (unpaired) electrons. The summed E-state index contributed by atoms with van der Waals surface area (Å²) in [6, 6.07) is -0.737. The van der Waals surface area contributed by atoms with E-state index in [9.17, 15) is 14.4 Å². The van der Waals surface area contributed by atoms with Crippen LogP contribution < -0.4 is 5.32 Å². The summed E-state index contributed by atoms with van der Waals surface area (Å²) >= 11 is 0. The highest BCUT2D eigenvalue weighted by Gasteiger charge is 2.26. The number of hydrogen-bond acceptors (Lipinski definition) is 3. The van der Waals surface area contributed by atoms with E-state index in [1.54, 1.807) is 4.90 Å². The van der Waals surface area contributed by atoms with E-state index in [0.29, 0.717) is 19.5 Å². The van der Waals surface area contributed by atoms with Crippen molar-refractivity contribution in [3.63, 3.8) is 0 Å². The predicted octanol–water partition coefficient (Wildman–Crippen LogP) is 3.35. The van der Waals surface area contributed by atoms with Crippen molar-refractivity contribution >= 4 is 17.8 Å². The van der Waals surface area contributed by atoms with E-state index in [1.165, 1.54) is 0 Å². The first-order chi connectivity index (χ1) is 12.0. The van der Waals surface area contributed by atoms with Crippen LogP contribution in [0.25, 0.3) is 0 Å². The summed E-state index contributed by atoms with van der Waals surface area (Å²) < 4.78 is 0. The number of rotatable bonds is 15. The maximum Gasteiger partial charge on any atom is 0.303 e. The molecule has 0 aliphatic rings. The van der Waals surface area contributed by atoms with Crippen LogP contribution in [0.15, 0.2) is 0 Å². The molecule has 0 fully saturated rings. The summed E-state index contributed by atoms with van der Waals surface area (Å²) in [6.45, 7) is 7.52. The molecule has 6 nitrogen and oxygen atoms in total. The Morgan fingerprint density at radius 1 is 0.880 bits per heavy atom. The fourth-order valence-corrected chi connectivity index (χ4v) is 2.58. The average molecular weight is 357 g/mol. The molecule has 0 saturated heterocycles. The summed E-state index contributed by atoms with van der Waals surface area (Å²) in [4.78, 5) is 37.6. The van der Waals surface area contributed by atoms with Crippen molar-refractivity contribution in [2.75, 3.05) is 13.1 Å². The largest absolute Gasteiger partial charge is 0.481 e. The molecular weight excluding hydrogens is 320 g/mol. The number of amides is 2. The fraction of sp³-hybridized carbons (Fsp3) is 0.842. The molecule has 0 aliphatic heterocycles. The molecule has 2 N–H and O–H groups in total. The number of carboxylic acid groups (broad SMARTS) is 1. The van der Waals surface area contributed by atoms with Gasteiger partial charge in [0.15, 0.2) is 0 Å². The van der Waals surface area contributed by atoms with E-state index >= 15 is 0 Å². The average Bonchev–Trinajstić information content (AvgIpc) is 2.58. The lowest BCUT2D eigenvalue weighted by atomic mass is 10.1. The van der Waals surface area contributed by atoms with Gasteiger partial charge in [0.05, 0.1) is 0 Å². The zero-order valence-corrected chi connectivity index (χ0v) is 16.2. The Morgan fingerprint density at radius 2 is 1.44 bits per heavy atom. The molecular formula is C19H36N2O4. The van der Waals surface area contributed by atoms with Crippen LogP contribution in [0.3, 0.4) is 0 Å². The molecule has 146 valence electrons. The van der Waals surface area contributed by atoms with Crippen LogP contribution >= 0.6 is 0 Å². The SMILES string of the molecule is CCCCCC(=O)NC(CCC(=O)O)C(=O)N(CCCC)CCCC. The first kappa shape index (κ1) is 23.4. The van der Waals surface area contributed by atoms with Crippen LogP contribution in [-0.4, -0.2) is 46.9 Å². The first-order valence-electron chi connectivity index (χ1n) is 9.76. The van der Waals surface area contributed by atoms with Crippen molar-refractivity contribution in [3.8, 4) is 0 Å². The minimum Gasteiger partial charge on any atom is -0.481 e. The van der Waals surface area contributed by atoms with Gasteiger partial charge in [-0.1, -0.05) is 46.5 Å². The van der Waals surface area contributed by atoms with Gasteiger partial charge < -0.3 is 15.3 Å². The molecule has 0 rings (SSSR count). The number of nitrogens with one attached hydrogen (secondary N) is 1. The minimum atomic E-state index is -0.952. The smallest absolute Gasteiger partial charge is 0.303 e. The molecule has 1 atom stereocenters. The lowest BCUT2D eigenvalue weighted by Gasteiger charge is -2.28. The van der Waals surface area contributed by atoms with E-state index in [2.05, 4.69) is 26.1 Å². The zero-order chi connectivity index (χ0) is 19.1. The third-order valence-corrected chi connectivity index (χ3v) is 4.16. The van der Waals surface area contributed by atoms with Gasteiger partial charge in [-0.15, -0.1) is 0 Å². The Morgan fingerprint density at radius 3 is 1.92 bits per heavy atom. The maximum absolute atomic E-state index is 12.9. The third-order valence-electron chi connectivity index (χ3n) is 4.16. The minimum absolute atomic E-state index is 0.124. The predicted molar refractivity (Wildman–Crippen MR) is 99.3 cm³/mol. The van der Waals surface area contributed by atoms with E-state index in [4.69, 9.17) is 5.11 Å². The Balaban J connectivity index is 4.88. The van der Waals surface area contributed by atoms with Crippen LogP contribution in [0, 0.1) is 0 Å². The number of aliphatic carboxylic acids is 1. The van der Waals surface area contributed by atoms with Crippen molar-refractivity contribution in [1.29, 1.82) is 0 Å². The van der Waals surface area contributed by atoms with Gasteiger partial charge in [0.25, 0.3) is 0 Å². The van der Waals surface area contributed by atoms with Crippen molar-refractivity contribution in [2.24, 2.45) is 0 Å². The maximum atomic E-state index is 12.9. The molecule has 0 saturated carbocycles. The third kappa shape index (κ3) is 11.6. The first-order valence-corrected chi connectivity index (χ1v) is 9.76. The Labute approximate surface area is 152 Å². The van der Waals surface area contributed by atoms with Gasteiger partial charge in [-0.25, -0.2) is 0 Å². The summed E-state index contributed by atoms with van der Waals surface area (Å²) in [7, 11) is 0. The van der Waals surface area contributed by atoms with Crippen molar-refractivity contribution in [3.05, 3.63) is 0 Å². The quantitative estimate of drug-likeness (QED) is 0.441. The van der Waals surface area contributed by atoms with Crippen LogP contribution in [0.1, 0.15) is 85.0 Å². The van der Waals surface area contributed by atoms with Gasteiger partial charge in [0.2, 0.25) is 11.8 Å². The number of carboxylic acids is 1. The van der Waals surface area contributed by atoms with Crippen molar-refractivity contribution in [2.45, 2.75) is 91.0 Å². The molecule has 25 heavy (non-hydrogen) atoms. The van der Waals surface area contributed by atoms with Gasteiger partial charge in [0.1, 0.15) is 6.04 Å². The summed E-state index contributed by atoms with van der Waals surface area (Å²) in [5.41, 5.74) is 0. The molecule has 0 aliphatic carbocycles. The van der Waals surface area contributed by atoms with E-state index < -0.39 is 12.0 Å². The highest BCUT2D eigenvalue weighted by Crippen LogP contribution is 2.08. The standard InChI is InChI=1S/C19H36N2O4/c1-4-7-10-11-17(22)20-16(12-13-18(23)24)19(25)21(14-8-5-2)15-9-6-3/h16H,4-15H2,1-3H3,(H,20,22)(H,23,24). The van der Waals surface area contributed by atoms with Crippen LogP contribution in [0.4, 0.5) is 0 Å². The lowest BCUT2D eigenvalue weighted by Crippen LogP contribution is -2.49. The van der Waals surface area contributed by atoms with E-state index in [-0.39, 0.29) is 24.7 Å². The number of nitrogens with zero attached hydrogens (tertiary/aromatic N) is 1. The Kier molecular flexibility index (Phi) is 13.8. The highest BCUT2D eigenvalue weighted by atomic mass is 16.4. The molecule has 2 amide bonds. The summed E-state index contributed by atoms with van der Waals surface area (Å²) in [5.74, 6) is -1.26. The Hall–Kier alpha value is -1.59. The van der Waals surface area contributed by atoms with E-state index in [1.807, 2.05) is 0 Å². The second-order valence-electron chi connectivity index (χ2n) is 6.54. The van der Waals surface area contributed by atoms with Crippen LogP contribution in [0.5, 0.6) is 0 Å². The number of unbranched alkanes of at least 4 members (excludes halogenated alkanes) is 4. The monoisotopic (exact) mass is 356 g/mol. The normalized spacial score (nSPS) is 11.8. The summed E-state index contributed by atoms with van der Waals surface area (Å²) in [6.07, 6.45) is 6.97. The molecule has 0 heterocycles. The lowest BCUT2D eigenvalue weighted by molar-refractivity contribution is -0.139. The van der Waals surface area contributed by atoms with E-state index in [0.717, 1.165) is 44.9 Å². The van der Waals surface area contributed by atoms with Gasteiger partial charge in [0, 0.05) is 25.9 Å². The Bertz CT molecular complexity index is 391. The fourth-order valence-electron chi connectivity index (χ4n) is 2.58. The molecule has 0 spiro atoms. The van der Waals surface area contributed by atoms with Crippen LogP contribution in [0.2, 0.25) is 0 Å². The molecule has 0 aromatic rings.